The van der Waals surface area contributed by atoms with Gasteiger partial charge in [0.2, 0.25) is 0 Å². The Balaban J connectivity index is 2.17. The van der Waals surface area contributed by atoms with Crippen molar-refractivity contribution in [2.24, 2.45) is 0 Å². The van der Waals surface area contributed by atoms with Crippen molar-refractivity contribution in [2.75, 3.05) is 20.2 Å². The minimum absolute atomic E-state index is 0.116. The number of hydrogen-bond donors (Lipinski definition) is 1. The Bertz CT molecular complexity index is 417. The van der Waals surface area contributed by atoms with E-state index in [0.717, 1.165) is 25.3 Å². The van der Waals surface area contributed by atoms with Gasteiger partial charge in [0.1, 0.15) is 5.75 Å². The number of benzene rings is 1. The number of para-hydroxylation sites is 1. The lowest BCUT2D eigenvalue weighted by Gasteiger charge is -2.44. The molecule has 1 aliphatic rings. The molecule has 1 heterocycles. The van der Waals surface area contributed by atoms with E-state index in [1.807, 2.05) is 18.2 Å². The molecule has 0 saturated carbocycles. The summed E-state index contributed by atoms with van der Waals surface area (Å²) >= 11 is 0. The van der Waals surface area contributed by atoms with Gasteiger partial charge in [0.25, 0.3) is 0 Å². The summed E-state index contributed by atoms with van der Waals surface area (Å²) in [7, 11) is 1.71. The normalized spacial score (nSPS) is 26.9. The molecular formula is C15H23NO2. The maximum Gasteiger partial charge on any atom is 0.122 e. The van der Waals surface area contributed by atoms with Crippen LogP contribution >= 0.6 is 0 Å². The average molecular weight is 249 g/mol. The monoisotopic (exact) mass is 249 g/mol. The van der Waals surface area contributed by atoms with Gasteiger partial charge in [-0.1, -0.05) is 18.2 Å². The summed E-state index contributed by atoms with van der Waals surface area (Å²) in [5, 5.41) is 3.46. The number of nitrogens with one attached hydrogen (secondary N) is 1. The third kappa shape index (κ3) is 3.03. The van der Waals surface area contributed by atoms with Crippen molar-refractivity contribution in [3.05, 3.63) is 29.8 Å². The van der Waals surface area contributed by atoms with Crippen LogP contribution in [0.1, 0.15) is 26.3 Å². The number of methoxy groups -OCH3 is 1. The Morgan fingerprint density at radius 1 is 1.22 bits per heavy atom. The van der Waals surface area contributed by atoms with E-state index < -0.39 is 0 Å². The summed E-state index contributed by atoms with van der Waals surface area (Å²) in [6.07, 6.45) is 0.855. The minimum atomic E-state index is -0.184. The van der Waals surface area contributed by atoms with Crippen molar-refractivity contribution in [3.63, 3.8) is 0 Å². The first kappa shape index (κ1) is 13.4. The molecule has 1 atom stereocenters. The fourth-order valence-electron chi connectivity index (χ4n) is 2.72. The summed E-state index contributed by atoms with van der Waals surface area (Å²) in [5.41, 5.74) is 0.896. The third-order valence-electron chi connectivity index (χ3n) is 3.33. The average Bonchev–Trinajstić information content (AvgIpc) is 2.27. The third-order valence-corrected chi connectivity index (χ3v) is 3.33. The highest BCUT2D eigenvalue weighted by Gasteiger charge is 2.37. The van der Waals surface area contributed by atoms with Gasteiger partial charge in [-0.15, -0.1) is 0 Å². The number of rotatable bonds is 3. The number of ether oxygens (including phenoxy) is 2. The molecule has 1 saturated heterocycles. The molecule has 3 heteroatoms. The van der Waals surface area contributed by atoms with E-state index in [2.05, 4.69) is 32.2 Å². The highest BCUT2D eigenvalue weighted by molar-refractivity contribution is 5.34. The number of morpholine rings is 1. The van der Waals surface area contributed by atoms with E-state index in [4.69, 9.17) is 9.47 Å². The predicted molar refractivity (Wildman–Crippen MR) is 73.1 cm³/mol. The van der Waals surface area contributed by atoms with E-state index in [9.17, 15) is 0 Å². The summed E-state index contributed by atoms with van der Waals surface area (Å²) in [4.78, 5) is 0. The molecule has 18 heavy (non-hydrogen) atoms. The van der Waals surface area contributed by atoms with Crippen LogP contribution in [0.3, 0.4) is 0 Å². The lowest BCUT2D eigenvalue weighted by molar-refractivity contribution is -0.151. The molecule has 0 spiro atoms. The van der Waals surface area contributed by atoms with E-state index in [1.54, 1.807) is 7.11 Å². The topological polar surface area (TPSA) is 30.5 Å². The lowest BCUT2D eigenvalue weighted by atomic mass is 9.92. The zero-order valence-electron chi connectivity index (χ0n) is 11.7. The molecule has 1 aromatic carbocycles. The van der Waals surface area contributed by atoms with Gasteiger partial charge in [-0.2, -0.15) is 0 Å². The van der Waals surface area contributed by atoms with E-state index >= 15 is 0 Å². The first-order valence-corrected chi connectivity index (χ1v) is 6.47. The van der Waals surface area contributed by atoms with E-state index in [1.165, 1.54) is 5.56 Å². The molecule has 0 aromatic heterocycles. The zero-order chi connectivity index (χ0) is 13.2. The maximum atomic E-state index is 6.25. The Labute approximate surface area is 109 Å². The van der Waals surface area contributed by atoms with Crippen molar-refractivity contribution < 1.29 is 9.47 Å². The largest absolute Gasteiger partial charge is 0.496 e. The Kier molecular flexibility index (Phi) is 3.64. The van der Waals surface area contributed by atoms with Crippen LogP contribution in [0.5, 0.6) is 5.75 Å². The standard InChI is InChI=1S/C15H23NO2/c1-14(2)10-16-11-15(3,18-14)9-12-7-5-6-8-13(12)17-4/h5-8,16H,9-11H2,1-4H3. The van der Waals surface area contributed by atoms with Crippen LogP contribution in [0.4, 0.5) is 0 Å². The molecule has 1 aromatic rings. The second-order valence-corrected chi connectivity index (χ2v) is 5.90. The van der Waals surface area contributed by atoms with Crippen LogP contribution in [0.25, 0.3) is 0 Å². The molecule has 1 unspecified atom stereocenters. The maximum absolute atomic E-state index is 6.25. The predicted octanol–water partition coefficient (Wildman–Crippen LogP) is 2.39. The molecule has 1 aliphatic heterocycles. The zero-order valence-corrected chi connectivity index (χ0v) is 11.7. The first-order chi connectivity index (χ1) is 8.44. The fourth-order valence-corrected chi connectivity index (χ4v) is 2.72. The van der Waals surface area contributed by atoms with Crippen molar-refractivity contribution in [3.8, 4) is 5.75 Å². The van der Waals surface area contributed by atoms with Gasteiger partial charge in [0.15, 0.2) is 0 Å². The van der Waals surface area contributed by atoms with Crippen LogP contribution in [-0.4, -0.2) is 31.4 Å². The molecule has 0 aliphatic carbocycles. The van der Waals surface area contributed by atoms with Gasteiger partial charge < -0.3 is 14.8 Å². The molecule has 2 rings (SSSR count). The summed E-state index contributed by atoms with van der Waals surface area (Å²) < 4.78 is 11.7. The molecule has 0 bridgehead atoms. The van der Waals surface area contributed by atoms with E-state index in [0.29, 0.717) is 0 Å². The number of hydrogen-bond acceptors (Lipinski definition) is 3. The quantitative estimate of drug-likeness (QED) is 0.892. The molecule has 1 fully saturated rings. The van der Waals surface area contributed by atoms with Gasteiger partial charge in [-0.05, 0) is 32.4 Å². The van der Waals surface area contributed by atoms with Gasteiger partial charge >= 0.3 is 0 Å². The fraction of sp³-hybridized carbons (Fsp3) is 0.600. The van der Waals surface area contributed by atoms with Gasteiger partial charge in [0, 0.05) is 19.5 Å². The van der Waals surface area contributed by atoms with Crippen LogP contribution in [-0.2, 0) is 11.2 Å². The SMILES string of the molecule is COc1ccccc1CC1(C)CNCC(C)(C)O1. The molecule has 3 nitrogen and oxygen atoms in total. The minimum Gasteiger partial charge on any atom is -0.496 e. The van der Waals surface area contributed by atoms with Crippen LogP contribution < -0.4 is 10.1 Å². The second kappa shape index (κ2) is 4.90. The smallest absolute Gasteiger partial charge is 0.122 e. The first-order valence-electron chi connectivity index (χ1n) is 6.47. The van der Waals surface area contributed by atoms with Crippen LogP contribution in [0.2, 0.25) is 0 Å². The van der Waals surface area contributed by atoms with Crippen molar-refractivity contribution >= 4 is 0 Å². The van der Waals surface area contributed by atoms with Crippen LogP contribution in [0, 0.1) is 0 Å². The van der Waals surface area contributed by atoms with Crippen LogP contribution in [0.15, 0.2) is 24.3 Å². The summed E-state index contributed by atoms with van der Waals surface area (Å²) in [5.74, 6) is 0.936. The van der Waals surface area contributed by atoms with Gasteiger partial charge in [0.05, 0.1) is 18.3 Å². The highest BCUT2D eigenvalue weighted by Crippen LogP contribution is 2.30. The molecule has 1 N–H and O–H groups in total. The Morgan fingerprint density at radius 3 is 2.61 bits per heavy atom. The highest BCUT2D eigenvalue weighted by atomic mass is 16.5. The van der Waals surface area contributed by atoms with E-state index in [-0.39, 0.29) is 11.2 Å². The van der Waals surface area contributed by atoms with Gasteiger partial charge in [-0.3, -0.25) is 0 Å². The van der Waals surface area contributed by atoms with Crippen molar-refractivity contribution in [1.82, 2.24) is 5.32 Å². The molecular weight excluding hydrogens is 226 g/mol. The summed E-state index contributed by atoms with van der Waals surface area (Å²) in [6.45, 7) is 8.18. The Morgan fingerprint density at radius 2 is 1.94 bits per heavy atom. The summed E-state index contributed by atoms with van der Waals surface area (Å²) in [6, 6.07) is 8.15. The van der Waals surface area contributed by atoms with Gasteiger partial charge in [-0.25, -0.2) is 0 Å². The van der Waals surface area contributed by atoms with Crippen molar-refractivity contribution in [2.45, 2.75) is 38.4 Å². The second-order valence-electron chi connectivity index (χ2n) is 5.90. The lowest BCUT2D eigenvalue weighted by Crippen LogP contribution is -2.57. The Hall–Kier alpha value is -1.06. The molecule has 0 amide bonds. The van der Waals surface area contributed by atoms with Crippen molar-refractivity contribution in [1.29, 1.82) is 0 Å². The molecule has 100 valence electrons. The molecule has 0 radical (unpaired) electrons.